The Kier molecular flexibility index (Phi) is 14.2. The number of ether oxygens (including phenoxy) is 4. The van der Waals surface area contributed by atoms with E-state index in [1.165, 1.54) is 11.8 Å². The SMILES string of the molecule is CSC[C@@H](C)NC(=O)c1cnc(Oc2ccc(F)cc2F)nc1Oc1ccc(F)cc1F.O=C(O)c1cnc(Oc2ccc(F)cc2F)nc1Oc1ccc(F)cc1F. The van der Waals surface area contributed by atoms with Crippen LogP contribution >= 0.6 is 11.8 Å². The van der Waals surface area contributed by atoms with Gasteiger partial charge in [-0.1, -0.05) is 0 Å². The lowest BCUT2D eigenvalue weighted by molar-refractivity contribution is 0.0692. The van der Waals surface area contributed by atoms with Crippen LogP contribution in [-0.4, -0.2) is 55.0 Å². The van der Waals surface area contributed by atoms with Crippen molar-refractivity contribution in [3.8, 4) is 46.8 Å². The summed E-state index contributed by atoms with van der Waals surface area (Å²) in [6.07, 6.45) is 3.73. The van der Waals surface area contributed by atoms with Gasteiger partial charge in [-0.15, -0.1) is 0 Å². The van der Waals surface area contributed by atoms with Crippen molar-refractivity contribution in [3.63, 3.8) is 0 Å². The molecule has 0 aliphatic heterocycles. The van der Waals surface area contributed by atoms with E-state index in [9.17, 15) is 44.7 Å². The maximum absolute atomic E-state index is 14.1. The van der Waals surface area contributed by atoms with E-state index in [0.717, 1.165) is 60.9 Å². The summed E-state index contributed by atoms with van der Waals surface area (Å²) in [5.41, 5.74) is -0.709. The molecule has 0 saturated carbocycles. The molecule has 2 heterocycles. The molecule has 2 N–H and O–H groups in total. The Morgan fingerprint density at radius 1 is 0.610 bits per heavy atom. The minimum Gasteiger partial charge on any atom is -0.477 e. The van der Waals surface area contributed by atoms with Gasteiger partial charge in [0.15, 0.2) is 46.3 Å². The number of benzene rings is 4. The topological polar surface area (TPSA) is 155 Å². The van der Waals surface area contributed by atoms with Gasteiger partial charge >= 0.3 is 18.0 Å². The lowest BCUT2D eigenvalue weighted by atomic mass is 10.2. The molecular formula is C38H25F8N5O7S. The molecule has 12 nitrogen and oxygen atoms in total. The molecule has 0 unspecified atom stereocenters. The monoisotopic (exact) mass is 847 g/mol. The molecule has 1 amide bonds. The molecule has 306 valence electrons. The fraction of sp³-hybridized carbons (Fsp3) is 0.105. The number of aromatic nitrogens is 4. The molecular weight excluding hydrogens is 822 g/mol. The number of halogens is 8. The van der Waals surface area contributed by atoms with Crippen LogP contribution in [0.15, 0.2) is 85.2 Å². The first-order valence-electron chi connectivity index (χ1n) is 16.4. The number of nitrogens with zero attached hydrogens (tertiary/aromatic N) is 4. The Bertz CT molecular complexity index is 2510. The largest absolute Gasteiger partial charge is 0.477 e. The Hall–Kier alpha value is -7.03. The highest BCUT2D eigenvalue weighted by atomic mass is 32.2. The number of hydrogen-bond acceptors (Lipinski definition) is 11. The van der Waals surface area contributed by atoms with Gasteiger partial charge < -0.3 is 29.4 Å². The van der Waals surface area contributed by atoms with Gasteiger partial charge in [-0.25, -0.2) is 49.9 Å². The lowest BCUT2D eigenvalue weighted by Gasteiger charge is -2.15. The van der Waals surface area contributed by atoms with E-state index in [0.29, 0.717) is 30.0 Å². The summed E-state index contributed by atoms with van der Waals surface area (Å²) < 4.78 is 128. The third-order valence-electron chi connectivity index (χ3n) is 7.12. The Morgan fingerprint density at radius 2 is 0.966 bits per heavy atom. The number of carboxylic acids is 1. The first-order valence-corrected chi connectivity index (χ1v) is 17.8. The fourth-order valence-corrected chi connectivity index (χ4v) is 5.07. The van der Waals surface area contributed by atoms with Crippen LogP contribution in [0.3, 0.4) is 0 Å². The number of rotatable bonds is 13. The molecule has 0 fully saturated rings. The van der Waals surface area contributed by atoms with Crippen LogP contribution in [0.1, 0.15) is 27.6 Å². The fourth-order valence-electron chi connectivity index (χ4n) is 4.49. The van der Waals surface area contributed by atoms with Crippen molar-refractivity contribution < 1.29 is 68.8 Å². The predicted octanol–water partition coefficient (Wildman–Crippen LogP) is 9.41. The van der Waals surface area contributed by atoms with Crippen LogP contribution in [0.2, 0.25) is 0 Å². The predicted molar refractivity (Wildman–Crippen MR) is 192 cm³/mol. The Balaban J connectivity index is 0.000000227. The number of aromatic carboxylic acids is 1. The normalized spacial score (nSPS) is 11.2. The van der Waals surface area contributed by atoms with E-state index in [4.69, 9.17) is 24.1 Å². The number of thioether (sulfide) groups is 1. The summed E-state index contributed by atoms with van der Waals surface area (Å²) in [5, 5.41) is 11.9. The number of carbonyl (C=O) groups is 2. The first kappa shape index (κ1) is 43.1. The zero-order valence-corrected chi connectivity index (χ0v) is 30.8. The summed E-state index contributed by atoms with van der Waals surface area (Å²) in [4.78, 5) is 38.9. The molecule has 2 aromatic heterocycles. The molecule has 21 heteroatoms. The molecule has 4 aromatic carbocycles. The molecule has 0 spiro atoms. The molecule has 0 aliphatic rings. The van der Waals surface area contributed by atoms with Gasteiger partial charge in [0.2, 0.25) is 11.8 Å². The van der Waals surface area contributed by atoms with Crippen molar-refractivity contribution in [3.05, 3.63) is 143 Å². The number of amides is 1. The van der Waals surface area contributed by atoms with Gasteiger partial charge in [-0.3, -0.25) is 4.79 Å². The Labute approximate surface area is 331 Å². The van der Waals surface area contributed by atoms with E-state index in [2.05, 4.69) is 25.3 Å². The maximum atomic E-state index is 14.1. The van der Waals surface area contributed by atoms with Crippen LogP contribution in [0, 0.1) is 46.5 Å². The van der Waals surface area contributed by atoms with Gasteiger partial charge in [0.25, 0.3) is 5.91 Å². The second kappa shape index (κ2) is 19.4. The van der Waals surface area contributed by atoms with E-state index in [-0.39, 0.29) is 17.4 Å². The van der Waals surface area contributed by atoms with Gasteiger partial charge in [0.1, 0.15) is 34.4 Å². The summed E-state index contributed by atoms with van der Waals surface area (Å²) in [7, 11) is 0. The van der Waals surface area contributed by atoms with Crippen molar-refractivity contribution in [2.24, 2.45) is 0 Å². The van der Waals surface area contributed by atoms with E-state index < -0.39 is 105 Å². The second-order valence-corrected chi connectivity index (χ2v) is 12.5. The van der Waals surface area contributed by atoms with Gasteiger partial charge in [0.05, 0.1) is 12.4 Å². The smallest absolute Gasteiger partial charge is 0.342 e. The molecule has 0 radical (unpaired) electrons. The standard InChI is InChI=1S/C21H17F4N3O3S.C17H8F4N2O4/c1-11(10-32-2)27-19(29)14-9-26-21(31-18-6-4-13(23)8-16(18)25)28-20(14)30-17-5-3-12(22)7-15(17)24;18-8-1-3-13(11(20)5-8)26-15-10(16(24)25)7-22-17(23-15)27-14-4-2-9(19)6-12(14)21/h3-9,11H,10H2,1-2H3,(H,27,29);1-7H,(H,24,25)/t11-;/m1./s1. The van der Waals surface area contributed by atoms with Crippen LogP contribution in [0.25, 0.3) is 0 Å². The summed E-state index contributed by atoms with van der Waals surface area (Å²) in [5.74, 6) is -11.7. The molecule has 0 saturated heterocycles. The first-order chi connectivity index (χ1) is 28.1. The maximum Gasteiger partial charge on any atom is 0.342 e. The molecule has 6 rings (SSSR count). The number of carboxylic acid groups (broad SMARTS) is 1. The van der Waals surface area contributed by atoms with Gasteiger partial charge in [-0.05, 0) is 61.7 Å². The zero-order valence-electron chi connectivity index (χ0n) is 30.0. The number of carbonyl (C=O) groups excluding carboxylic acids is 1. The molecule has 0 bridgehead atoms. The van der Waals surface area contributed by atoms with Gasteiger partial charge in [0, 0.05) is 36.1 Å². The summed E-state index contributed by atoms with van der Waals surface area (Å²) in [6, 6.07) is 8.81. The zero-order chi connectivity index (χ0) is 42.8. The van der Waals surface area contributed by atoms with Crippen molar-refractivity contribution in [2.45, 2.75) is 13.0 Å². The van der Waals surface area contributed by atoms with E-state index >= 15 is 0 Å². The van der Waals surface area contributed by atoms with Crippen molar-refractivity contribution in [1.82, 2.24) is 25.3 Å². The number of nitrogens with one attached hydrogen (secondary N) is 1. The third kappa shape index (κ3) is 11.8. The van der Waals surface area contributed by atoms with E-state index in [1.54, 1.807) is 6.92 Å². The molecule has 6 aromatic rings. The average Bonchev–Trinajstić information content (AvgIpc) is 3.16. The van der Waals surface area contributed by atoms with Crippen LogP contribution in [0.4, 0.5) is 35.1 Å². The van der Waals surface area contributed by atoms with Gasteiger partial charge in [-0.2, -0.15) is 21.7 Å². The summed E-state index contributed by atoms with van der Waals surface area (Å²) >= 11 is 1.52. The van der Waals surface area contributed by atoms with Crippen molar-refractivity contribution >= 4 is 23.6 Å². The van der Waals surface area contributed by atoms with Crippen LogP contribution in [-0.2, 0) is 0 Å². The average molecular weight is 848 g/mol. The minimum absolute atomic E-state index is 0.159. The second-order valence-electron chi connectivity index (χ2n) is 11.6. The highest BCUT2D eigenvalue weighted by molar-refractivity contribution is 7.98. The lowest BCUT2D eigenvalue weighted by Crippen LogP contribution is -2.34. The highest BCUT2D eigenvalue weighted by Crippen LogP contribution is 2.31. The molecule has 0 aliphatic carbocycles. The Morgan fingerprint density at radius 3 is 1.32 bits per heavy atom. The quantitative estimate of drug-likeness (QED) is 0.106. The molecule has 1 atom stereocenters. The van der Waals surface area contributed by atoms with Crippen LogP contribution in [0.5, 0.6) is 46.8 Å². The minimum atomic E-state index is -1.49. The van der Waals surface area contributed by atoms with Crippen LogP contribution < -0.4 is 24.3 Å². The molecule has 59 heavy (non-hydrogen) atoms. The summed E-state index contributed by atoms with van der Waals surface area (Å²) in [6.45, 7) is 1.78. The highest BCUT2D eigenvalue weighted by Gasteiger charge is 2.22. The number of hydrogen-bond donors (Lipinski definition) is 2. The van der Waals surface area contributed by atoms with Crippen molar-refractivity contribution in [2.75, 3.05) is 12.0 Å². The van der Waals surface area contributed by atoms with E-state index in [1.807, 2.05) is 6.26 Å². The van der Waals surface area contributed by atoms with Crippen molar-refractivity contribution in [1.29, 1.82) is 0 Å². The third-order valence-corrected chi connectivity index (χ3v) is 7.96.